The molecule has 0 aliphatic heterocycles. The molecule has 1 heterocycles. The molecule has 1 N–H and O–H groups in total. The Bertz CT molecular complexity index is 643. The van der Waals surface area contributed by atoms with E-state index in [-0.39, 0.29) is 6.09 Å². The van der Waals surface area contributed by atoms with Crippen molar-refractivity contribution in [1.82, 2.24) is 10.2 Å². The van der Waals surface area contributed by atoms with Gasteiger partial charge in [0.15, 0.2) is 0 Å². The molecule has 0 unspecified atom stereocenters. The van der Waals surface area contributed by atoms with Gasteiger partial charge in [0.2, 0.25) is 0 Å². The summed E-state index contributed by atoms with van der Waals surface area (Å²) < 4.78 is 10.6. The average molecular weight is 318 g/mol. The fourth-order valence-electron chi connectivity index (χ4n) is 2.23. The van der Waals surface area contributed by atoms with Crippen LogP contribution in [-0.4, -0.2) is 36.7 Å². The van der Waals surface area contributed by atoms with Crippen LogP contribution in [0.25, 0.3) is 11.0 Å². The Kier molecular flexibility index (Phi) is 5.66. The lowest BCUT2D eigenvalue weighted by molar-refractivity contribution is 0.0297. The molecule has 0 atom stereocenters. The van der Waals surface area contributed by atoms with Crippen LogP contribution in [0.3, 0.4) is 0 Å². The highest BCUT2D eigenvalue weighted by atomic mass is 16.6. The Balaban J connectivity index is 1.66. The van der Waals surface area contributed by atoms with E-state index in [0.717, 1.165) is 30.5 Å². The van der Waals surface area contributed by atoms with Gasteiger partial charge < -0.3 is 19.4 Å². The summed E-state index contributed by atoms with van der Waals surface area (Å²) >= 11 is 0. The van der Waals surface area contributed by atoms with Gasteiger partial charge in [-0.15, -0.1) is 0 Å². The quantitative estimate of drug-likeness (QED) is 0.824. The Labute approximate surface area is 137 Å². The third kappa shape index (κ3) is 5.60. The van der Waals surface area contributed by atoms with Gasteiger partial charge in [-0.2, -0.15) is 0 Å². The van der Waals surface area contributed by atoms with Crippen LogP contribution in [-0.2, 0) is 11.3 Å². The molecule has 0 bridgehead atoms. The van der Waals surface area contributed by atoms with Crippen LogP contribution in [0.2, 0.25) is 0 Å². The van der Waals surface area contributed by atoms with Crippen LogP contribution in [0.15, 0.2) is 34.9 Å². The Morgan fingerprint density at radius 2 is 2.09 bits per heavy atom. The molecule has 5 nitrogen and oxygen atoms in total. The highest BCUT2D eigenvalue weighted by molar-refractivity contribution is 5.77. The molecule has 0 spiro atoms. The number of carbonyl (C=O) groups excluding carboxylic acids is 1. The smallest absolute Gasteiger partial charge is 0.410 e. The number of amides is 1. The second-order valence-electron chi connectivity index (χ2n) is 6.73. The number of nitrogens with zero attached hydrogens (tertiary/aromatic N) is 1. The molecule has 0 saturated carbocycles. The fraction of sp³-hybridized carbons (Fsp3) is 0.500. The van der Waals surface area contributed by atoms with Gasteiger partial charge in [-0.1, -0.05) is 6.07 Å². The lowest BCUT2D eigenvalue weighted by atomic mass is 10.1. The highest BCUT2D eigenvalue weighted by Gasteiger charge is 2.18. The normalized spacial score (nSPS) is 11.7. The van der Waals surface area contributed by atoms with Gasteiger partial charge in [-0.3, -0.25) is 0 Å². The van der Waals surface area contributed by atoms with Crippen molar-refractivity contribution in [3.63, 3.8) is 0 Å². The van der Waals surface area contributed by atoms with Gasteiger partial charge in [0.05, 0.1) is 6.26 Å². The van der Waals surface area contributed by atoms with Gasteiger partial charge in [0, 0.05) is 25.5 Å². The van der Waals surface area contributed by atoms with E-state index in [1.165, 1.54) is 5.56 Å². The minimum absolute atomic E-state index is 0.275. The van der Waals surface area contributed by atoms with Crippen LogP contribution in [0.4, 0.5) is 4.79 Å². The van der Waals surface area contributed by atoms with E-state index in [9.17, 15) is 4.79 Å². The number of hydrogen-bond acceptors (Lipinski definition) is 4. The van der Waals surface area contributed by atoms with Crippen LogP contribution >= 0.6 is 0 Å². The summed E-state index contributed by atoms with van der Waals surface area (Å²) in [6.07, 6.45) is 2.31. The zero-order chi connectivity index (χ0) is 16.9. The van der Waals surface area contributed by atoms with Crippen molar-refractivity contribution in [2.45, 2.75) is 39.3 Å². The minimum atomic E-state index is -0.449. The summed E-state index contributed by atoms with van der Waals surface area (Å²) in [6, 6.07) is 8.14. The van der Waals surface area contributed by atoms with Crippen molar-refractivity contribution in [1.29, 1.82) is 0 Å². The molecule has 126 valence electrons. The first-order chi connectivity index (χ1) is 10.8. The fourth-order valence-corrected chi connectivity index (χ4v) is 2.23. The topological polar surface area (TPSA) is 54.7 Å². The zero-order valence-electron chi connectivity index (χ0n) is 14.4. The first kappa shape index (κ1) is 17.3. The number of furan rings is 1. The standard InChI is InChI=1S/C18H26N2O3/c1-18(2,3)23-17(21)20(4)10-5-9-19-13-14-6-7-16-15(12-14)8-11-22-16/h6-8,11-12,19H,5,9-10,13H2,1-4H3. The van der Waals surface area contributed by atoms with E-state index >= 15 is 0 Å². The van der Waals surface area contributed by atoms with Crippen molar-refractivity contribution in [3.8, 4) is 0 Å². The molecule has 0 fully saturated rings. The predicted octanol–water partition coefficient (Wildman–Crippen LogP) is 3.78. The number of nitrogens with one attached hydrogen (secondary N) is 1. The average Bonchev–Trinajstić information content (AvgIpc) is 2.92. The largest absolute Gasteiger partial charge is 0.464 e. The molecule has 0 aliphatic carbocycles. The van der Waals surface area contributed by atoms with Crippen LogP contribution in [0, 0.1) is 0 Å². The molecular weight excluding hydrogens is 292 g/mol. The Morgan fingerprint density at radius 1 is 1.30 bits per heavy atom. The third-order valence-electron chi connectivity index (χ3n) is 3.40. The molecule has 2 aromatic rings. The van der Waals surface area contributed by atoms with Gasteiger partial charge in [0.25, 0.3) is 0 Å². The summed E-state index contributed by atoms with van der Waals surface area (Å²) in [7, 11) is 1.76. The van der Waals surface area contributed by atoms with E-state index < -0.39 is 5.60 Å². The van der Waals surface area contributed by atoms with Crippen molar-refractivity contribution in [2.75, 3.05) is 20.1 Å². The van der Waals surface area contributed by atoms with E-state index in [1.807, 2.05) is 32.9 Å². The lowest BCUT2D eigenvalue weighted by Crippen LogP contribution is -2.35. The summed E-state index contributed by atoms with van der Waals surface area (Å²) in [5.41, 5.74) is 1.68. The number of ether oxygens (including phenoxy) is 1. The molecule has 2 rings (SSSR count). The van der Waals surface area contributed by atoms with Crippen LogP contribution < -0.4 is 5.32 Å². The molecule has 1 aromatic carbocycles. The van der Waals surface area contributed by atoms with Gasteiger partial charge >= 0.3 is 6.09 Å². The van der Waals surface area contributed by atoms with Gasteiger partial charge in [0.1, 0.15) is 11.2 Å². The van der Waals surface area contributed by atoms with Crippen molar-refractivity contribution in [3.05, 3.63) is 36.1 Å². The monoisotopic (exact) mass is 318 g/mol. The Morgan fingerprint density at radius 3 is 2.83 bits per heavy atom. The van der Waals surface area contributed by atoms with Crippen molar-refractivity contribution < 1.29 is 13.9 Å². The molecule has 0 saturated heterocycles. The molecule has 1 aromatic heterocycles. The number of rotatable bonds is 6. The molecular formula is C18H26N2O3. The maximum absolute atomic E-state index is 11.8. The maximum atomic E-state index is 11.8. The highest BCUT2D eigenvalue weighted by Crippen LogP contribution is 2.16. The predicted molar refractivity (Wildman–Crippen MR) is 91.4 cm³/mol. The number of carbonyl (C=O) groups is 1. The van der Waals surface area contributed by atoms with E-state index in [1.54, 1.807) is 18.2 Å². The minimum Gasteiger partial charge on any atom is -0.464 e. The molecule has 0 radical (unpaired) electrons. The number of hydrogen-bond donors (Lipinski definition) is 1. The molecule has 23 heavy (non-hydrogen) atoms. The van der Waals surface area contributed by atoms with Crippen LogP contribution in [0.5, 0.6) is 0 Å². The van der Waals surface area contributed by atoms with E-state index in [0.29, 0.717) is 6.54 Å². The number of benzene rings is 1. The lowest BCUT2D eigenvalue weighted by Gasteiger charge is -2.24. The third-order valence-corrected chi connectivity index (χ3v) is 3.40. The zero-order valence-corrected chi connectivity index (χ0v) is 14.4. The summed E-state index contributed by atoms with van der Waals surface area (Å²) in [5.74, 6) is 0. The summed E-state index contributed by atoms with van der Waals surface area (Å²) in [6.45, 7) is 7.93. The molecule has 1 amide bonds. The van der Waals surface area contributed by atoms with Crippen molar-refractivity contribution >= 4 is 17.1 Å². The second-order valence-corrected chi connectivity index (χ2v) is 6.73. The second kappa shape index (κ2) is 7.51. The Hall–Kier alpha value is -2.01. The van der Waals surface area contributed by atoms with Gasteiger partial charge in [-0.05, 0) is 57.5 Å². The first-order valence-corrected chi connectivity index (χ1v) is 7.96. The maximum Gasteiger partial charge on any atom is 0.410 e. The molecule has 5 heteroatoms. The van der Waals surface area contributed by atoms with Crippen LogP contribution in [0.1, 0.15) is 32.8 Å². The first-order valence-electron chi connectivity index (χ1n) is 7.96. The summed E-state index contributed by atoms with van der Waals surface area (Å²) in [5, 5.41) is 4.51. The summed E-state index contributed by atoms with van der Waals surface area (Å²) in [4.78, 5) is 13.4. The van der Waals surface area contributed by atoms with Gasteiger partial charge in [-0.25, -0.2) is 4.79 Å². The van der Waals surface area contributed by atoms with E-state index in [4.69, 9.17) is 9.15 Å². The number of fused-ring (bicyclic) bond motifs is 1. The SMILES string of the molecule is CN(CCCNCc1ccc2occc2c1)C(=O)OC(C)(C)C. The molecule has 0 aliphatic rings. The van der Waals surface area contributed by atoms with Crippen molar-refractivity contribution in [2.24, 2.45) is 0 Å². The van der Waals surface area contributed by atoms with E-state index in [2.05, 4.69) is 17.4 Å².